The predicted octanol–water partition coefficient (Wildman–Crippen LogP) is 1.01. The molecule has 0 fully saturated rings. The number of carbonyl (C=O) groups excluding carboxylic acids is 2. The van der Waals surface area contributed by atoms with Crippen molar-refractivity contribution in [2.75, 3.05) is 33.4 Å². The van der Waals surface area contributed by atoms with Crippen LogP contribution in [0.5, 0.6) is 5.75 Å². The van der Waals surface area contributed by atoms with Crippen molar-refractivity contribution in [3.8, 4) is 5.75 Å². The number of esters is 1. The van der Waals surface area contributed by atoms with Crippen molar-refractivity contribution in [3.63, 3.8) is 0 Å². The molecule has 0 saturated carbocycles. The largest absolute Gasteiger partial charge is 0.484 e. The van der Waals surface area contributed by atoms with Crippen LogP contribution in [-0.4, -0.2) is 55.3 Å². The third kappa shape index (κ3) is 6.13. The summed E-state index contributed by atoms with van der Waals surface area (Å²) in [4.78, 5) is 24.6. The maximum absolute atomic E-state index is 12.1. The van der Waals surface area contributed by atoms with Crippen LogP contribution in [0.3, 0.4) is 0 Å². The van der Waals surface area contributed by atoms with Gasteiger partial charge in [0.05, 0.1) is 20.1 Å². The number of aliphatic hydroxyl groups is 1. The minimum absolute atomic E-state index is 0.0907. The Labute approximate surface area is 130 Å². The van der Waals surface area contributed by atoms with Gasteiger partial charge in [0.2, 0.25) is 0 Å². The van der Waals surface area contributed by atoms with E-state index in [-0.39, 0.29) is 38.6 Å². The number of nitrogens with zero attached hydrogens (tertiary/aromatic N) is 1. The zero-order valence-electron chi connectivity index (χ0n) is 13.1. The highest BCUT2D eigenvalue weighted by Gasteiger charge is 2.15. The molecule has 0 bridgehead atoms. The molecule has 0 aromatic heterocycles. The number of ether oxygens (including phenoxy) is 2. The molecule has 1 aromatic rings. The van der Waals surface area contributed by atoms with E-state index in [0.717, 1.165) is 6.42 Å². The summed E-state index contributed by atoms with van der Waals surface area (Å²) in [6, 6.07) is 7.53. The Morgan fingerprint density at radius 2 is 1.86 bits per heavy atom. The van der Waals surface area contributed by atoms with Crippen LogP contribution in [0.25, 0.3) is 0 Å². The number of aliphatic hydroxyl groups excluding tert-OH is 1. The molecule has 122 valence electrons. The Bertz CT molecular complexity index is 472. The summed E-state index contributed by atoms with van der Waals surface area (Å²) < 4.78 is 9.98. The zero-order valence-corrected chi connectivity index (χ0v) is 13.1. The first-order chi connectivity index (χ1) is 10.6. The van der Waals surface area contributed by atoms with E-state index in [4.69, 9.17) is 9.84 Å². The van der Waals surface area contributed by atoms with Gasteiger partial charge in [-0.15, -0.1) is 0 Å². The van der Waals surface area contributed by atoms with Crippen LogP contribution >= 0.6 is 0 Å². The molecule has 0 unspecified atom stereocenters. The molecule has 0 aliphatic rings. The number of hydrogen-bond acceptors (Lipinski definition) is 5. The zero-order chi connectivity index (χ0) is 16.4. The Morgan fingerprint density at radius 1 is 1.18 bits per heavy atom. The van der Waals surface area contributed by atoms with Crippen molar-refractivity contribution >= 4 is 11.9 Å². The molecule has 0 heterocycles. The number of methoxy groups -OCH3 is 1. The van der Waals surface area contributed by atoms with Gasteiger partial charge in [-0.1, -0.05) is 19.1 Å². The van der Waals surface area contributed by atoms with E-state index in [1.807, 2.05) is 24.3 Å². The van der Waals surface area contributed by atoms with Gasteiger partial charge in [0.25, 0.3) is 5.91 Å². The van der Waals surface area contributed by atoms with Crippen LogP contribution in [-0.2, 0) is 20.7 Å². The molecule has 0 aliphatic heterocycles. The normalized spacial score (nSPS) is 10.1. The summed E-state index contributed by atoms with van der Waals surface area (Å²) in [7, 11) is 1.30. The molecule has 6 nitrogen and oxygen atoms in total. The molecule has 1 N–H and O–H groups in total. The van der Waals surface area contributed by atoms with Gasteiger partial charge in [-0.3, -0.25) is 9.59 Å². The second kappa shape index (κ2) is 9.78. The van der Waals surface area contributed by atoms with Crippen molar-refractivity contribution in [1.82, 2.24) is 4.90 Å². The lowest BCUT2D eigenvalue weighted by Crippen LogP contribution is -2.38. The average Bonchev–Trinajstić information content (AvgIpc) is 2.56. The average molecular weight is 309 g/mol. The molecule has 0 radical (unpaired) electrons. The van der Waals surface area contributed by atoms with Gasteiger partial charge in [0, 0.05) is 13.1 Å². The summed E-state index contributed by atoms with van der Waals surface area (Å²) in [5.74, 6) is -0.0631. The molecule has 1 aromatic carbocycles. The van der Waals surface area contributed by atoms with Gasteiger partial charge in [0.1, 0.15) is 5.75 Å². The predicted molar refractivity (Wildman–Crippen MR) is 81.6 cm³/mol. The van der Waals surface area contributed by atoms with Gasteiger partial charge in [-0.25, -0.2) is 0 Å². The van der Waals surface area contributed by atoms with Crippen LogP contribution in [0.1, 0.15) is 18.9 Å². The van der Waals surface area contributed by atoms with Crippen LogP contribution in [0.15, 0.2) is 24.3 Å². The number of aryl methyl sites for hydroxylation is 1. The number of carbonyl (C=O) groups is 2. The Balaban J connectivity index is 2.49. The second-order valence-corrected chi connectivity index (χ2v) is 4.72. The van der Waals surface area contributed by atoms with E-state index < -0.39 is 5.97 Å². The highest BCUT2D eigenvalue weighted by Crippen LogP contribution is 2.12. The summed E-state index contributed by atoms with van der Waals surface area (Å²) in [5, 5.41) is 9.00. The highest BCUT2D eigenvalue weighted by molar-refractivity contribution is 5.78. The fourth-order valence-electron chi connectivity index (χ4n) is 1.87. The molecular weight excluding hydrogens is 286 g/mol. The number of amides is 1. The minimum Gasteiger partial charge on any atom is -0.484 e. The Hall–Kier alpha value is -2.08. The Kier molecular flexibility index (Phi) is 7.99. The lowest BCUT2D eigenvalue weighted by atomic mass is 10.2. The standard InChI is InChI=1S/C16H23NO5/c1-3-13-4-6-14(7-5-13)22-12-15(19)17(10-11-18)9-8-16(20)21-2/h4-7,18H,3,8-12H2,1-2H3. The van der Waals surface area contributed by atoms with Gasteiger partial charge < -0.3 is 19.5 Å². The van der Waals surface area contributed by atoms with Gasteiger partial charge >= 0.3 is 5.97 Å². The maximum atomic E-state index is 12.1. The molecule has 1 rings (SSSR count). The fourth-order valence-corrected chi connectivity index (χ4v) is 1.87. The molecule has 0 atom stereocenters. The molecule has 1 amide bonds. The second-order valence-electron chi connectivity index (χ2n) is 4.72. The lowest BCUT2D eigenvalue weighted by Gasteiger charge is -2.21. The van der Waals surface area contributed by atoms with Gasteiger partial charge in [-0.05, 0) is 24.1 Å². The minimum atomic E-state index is -0.396. The van der Waals surface area contributed by atoms with Crippen LogP contribution in [0.2, 0.25) is 0 Å². The van der Waals surface area contributed by atoms with Crippen LogP contribution in [0.4, 0.5) is 0 Å². The van der Waals surface area contributed by atoms with Crippen molar-refractivity contribution in [3.05, 3.63) is 29.8 Å². The SMILES string of the molecule is CCc1ccc(OCC(=O)N(CCO)CCC(=O)OC)cc1. The number of benzene rings is 1. The third-order valence-corrected chi connectivity index (χ3v) is 3.23. The quantitative estimate of drug-likeness (QED) is 0.689. The van der Waals surface area contributed by atoms with Gasteiger partial charge in [-0.2, -0.15) is 0 Å². The van der Waals surface area contributed by atoms with E-state index in [2.05, 4.69) is 11.7 Å². The number of rotatable bonds is 9. The van der Waals surface area contributed by atoms with Gasteiger partial charge in [0.15, 0.2) is 6.61 Å². The molecule has 22 heavy (non-hydrogen) atoms. The Morgan fingerprint density at radius 3 is 2.41 bits per heavy atom. The van der Waals surface area contributed by atoms with E-state index in [1.54, 1.807) is 0 Å². The van der Waals surface area contributed by atoms with Crippen molar-refractivity contribution < 1.29 is 24.2 Å². The first-order valence-electron chi connectivity index (χ1n) is 7.27. The van der Waals surface area contributed by atoms with Crippen LogP contribution in [0, 0.1) is 0 Å². The van der Waals surface area contributed by atoms with Crippen LogP contribution < -0.4 is 4.74 Å². The third-order valence-electron chi connectivity index (χ3n) is 3.23. The number of hydrogen-bond donors (Lipinski definition) is 1. The molecule has 0 spiro atoms. The molecule has 0 aliphatic carbocycles. The first-order valence-corrected chi connectivity index (χ1v) is 7.27. The summed E-state index contributed by atoms with van der Waals surface area (Å²) in [5.41, 5.74) is 1.19. The van der Waals surface area contributed by atoms with Crippen molar-refractivity contribution in [1.29, 1.82) is 0 Å². The highest BCUT2D eigenvalue weighted by atomic mass is 16.5. The monoisotopic (exact) mass is 309 g/mol. The van der Waals surface area contributed by atoms with E-state index >= 15 is 0 Å². The van der Waals surface area contributed by atoms with Crippen molar-refractivity contribution in [2.45, 2.75) is 19.8 Å². The summed E-state index contributed by atoms with van der Waals surface area (Å²) >= 11 is 0. The maximum Gasteiger partial charge on any atom is 0.307 e. The van der Waals surface area contributed by atoms with E-state index in [9.17, 15) is 9.59 Å². The van der Waals surface area contributed by atoms with E-state index in [0.29, 0.717) is 5.75 Å². The fraction of sp³-hybridized carbons (Fsp3) is 0.500. The summed E-state index contributed by atoms with van der Waals surface area (Å²) in [6.07, 6.45) is 1.03. The first kappa shape index (κ1) is 18.0. The lowest BCUT2D eigenvalue weighted by molar-refractivity contribution is -0.142. The summed E-state index contributed by atoms with van der Waals surface area (Å²) in [6.45, 7) is 2.12. The molecular formula is C16H23NO5. The van der Waals surface area contributed by atoms with Crippen molar-refractivity contribution in [2.24, 2.45) is 0 Å². The topological polar surface area (TPSA) is 76.1 Å². The smallest absolute Gasteiger partial charge is 0.307 e. The van der Waals surface area contributed by atoms with E-state index in [1.165, 1.54) is 17.6 Å². The molecule has 6 heteroatoms. The molecule has 0 saturated heterocycles.